The predicted molar refractivity (Wildman–Crippen MR) is 78.5 cm³/mol. The van der Waals surface area contributed by atoms with Crippen LogP contribution < -0.4 is 0 Å². The van der Waals surface area contributed by atoms with Gasteiger partial charge in [-0.1, -0.05) is 0 Å². The molecule has 0 amide bonds. The summed E-state index contributed by atoms with van der Waals surface area (Å²) in [5.41, 5.74) is 0. The quantitative estimate of drug-likeness (QED) is 0.149. The Morgan fingerprint density at radius 3 is 0.350 bits per heavy atom. The van der Waals surface area contributed by atoms with Crippen molar-refractivity contribution >= 4 is 118 Å². The van der Waals surface area contributed by atoms with Gasteiger partial charge >= 0.3 is 118 Å². The van der Waals surface area contributed by atoms with Gasteiger partial charge in [-0.15, -0.1) is 0 Å². The zero-order chi connectivity index (χ0) is 13.5. The monoisotopic (exact) mass is 334 g/mol. The van der Waals surface area contributed by atoms with Crippen LogP contribution in [-0.2, 0) is 13.7 Å². The Kier molecular flexibility index (Phi) is 55.2. The van der Waals surface area contributed by atoms with E-state index < -0.39 is 23.5 Å². The molecule has 12 nitrogen and oxygen atoms in total. The van der Waals surface area contributed by atoms with Crippen molar-refractivity contribution in [2.24, 2.45) is 0 Å². The van der Waals surface area contributed by atoms with Gasteiger partial charge in [0.15, 0.2) is 0 Å². The SMILES string of the molecule is O=P(O)(O)O.O=P(O)(O)O.O=P(O)(O)O.[LiH].[LiH].[LiH].[LiH].[LiH]. The third-order valence-electron chi connectivity index (χ3n) is 0. The predicted octanol–water partition coefficient (Wildman–Crippen LogP) is -6.03. The van der Waals surface area contributed by atoms with Gasteiger partial charge in [0.2, 0.25) is 0 Å². The van der Waals surface area contributed by atoms with Crippen LogP contribution in [0.5, 0.6) is 0 Å². The summed E-state index contributed by atoms with van der Waals surface area (Å²) < 4.78 is 26.6. The molecule has 9 N–H and O–H groups in total. The Morgan fingerprint density at radius 2 is 0.350 bits per heavy atom. The van der Waals surface area contributed by atoms with Crippen molar-refractivity contribution in [2.45, 2.75) is 0 Å². The topological polar surface area (TPSA) is 233 Å². The van der Waals surface area contributed by atoms with Crippen LogP contribution in [0.4, 0.5) is 0 Å². The summed E-state index contributed by atoms with van der Waals surface area (Å²) in [4.78, 5) is 64.7. The van der Waals surface area contributed by atoms with E-state index in [0.29, 0.717) is 0 Å². The van der Waals surface area contributed by atoms with Crippen molar-refractivity contribution in [3.05, 3.63) is 0 Å². The summed E-state index contributed by atoms with van der Waals surface area (Å²) >= 11 is 0. The zero-order valence-corrected chi connectivity index (χ0v) is 9.27. The molecule has 0 aromatic carbocycles. The normalized spacial score (nSPS) is 8.85. The van der Waals surface area contributed by atoms with Crippen molar-refractivity contribution in [1.82, 2.24) is 0 Å². The Hall–Kier alpha value is 3.32. The third-order valence-corrected chi connectivity index (χ3v) is 0. The first-order chi connectivity index (χ1) is 6.00. The van der Waals surface area contributed by atoms with Gasteiger partial charge < -0.3 is 44.0 Å². The molecule has 0 aromatic rings. The van der Waals surface area contributed by atoms with Gasteiger partial charge in [0, 0.05) is 0 Å². The van der Waals surface area contributed by atoms with E-state index in [1.165, 1.54) is 0 Å². The van der Waals surface area contributed by atoms with Gasteiger partial charge in [0.05, 0.1) is 0 Å². The van der Waals surface area contributed by atoms with Crippen molar-refractivity contribution in [3.63, 3.8) is 0 Å². The van der Waals surface area contributed by atoms with E-state index >= 15 is 0 Å². The van der Waals surface area contributed by atoms with Crippen LogP contribution in [-0.4, -0.2) is 138 Å². The van der Waals surface area contributed by atoms with Crippen LogP contribution in [0.2, 0.25) is 0 Å². The molecule has 20 heavy (non-hydrogen) atoms. The summed E-state index contributed by atoms with van der Waals surface area (Å²) in [6.45, 7) is 0. The molecule has 0 spiro atoms. The van der Waals surface area contributed by atoms with Crippen LogP contribution in [0.1, 0.15) is 0 Å². The third kappa shape index (κ3) is 800. The van der Waals surface area contributed by atoms with Gasteiger partial charge in [-0.2, -0.15) is 0 Å². The molecule has 0 saturated heterocycles. The molecule has 106 valence electrons. The van der Waals surface area contributed by atoms with E-state index in [4.69, 9.17) is 57.7 Å². The molecular weight excluding hydrogens is 320 g/mol. The summed E-state index contributed by atoms with van der Waals surface area (Å²) in [5.74, 6) is 0. The van der Waals surface area contributed by atoms with Crippen molar-refractivity contribution < 1.29 is 57.7 Å². The molecule has 0 saturated carbocycles. The van der Waals surface area contributed by atoms with Crippen LogP contribution >= 0.6 is 23.5 Å². The number of rotatable bonds is 0. The molecule has 0 rings (SSSR count). The van der Waals surface area contributed by atoms with Crippen molar-refractivity contribution in [2.75, 3.05) is 0 Å². The Labute approximate surface area is 174 Å². The van der Waals surface area contributed by atoms with E-state index in [9.17, 15) is 0 Å². The second kappa shape index (κ2) is 22.3. The molecule has 0 atom stereocenters. The average molecular weight is 334 g/mol. The summed E-state index contributed by atoms with van der Waals surface area (Å²) in [7, 11) is -13.9. The molecule has 20 heteroatoms. The Morgan fingerprint density at radius 1 is 0.350 bits per heavy atom. The first-order valence-corrected chi connectivity index (χ1v) is 7.04. The molecule has 0 aliphatic carbocycles. The summed E-state index contributed by atoms with van der Waals surface area (Å²) in [6, 6.07) is 0. The molecule has 0 heterocycles. The molecule has 0 bridgehead atoms. The van der Waals surface area contributed by atoms with Crippen LogP contribution in [0.3, 0.4) is 0 Å². The van der Waals surface area contributed by atoms with Crippen LogP contribution in [0.15, 0.2) is 0 Å². The number of phosphoric acid groups is 3. The maximum atomic E-state index is 8.88. The fourth-order valence-corrected chi connectivity index (χ4v) is 0. The van der Waals surface area contributed by atoms with E-state index in [2.05, 4.69) is 0 Å². The minimum absolute atomic E-state index is 0. The fraction of sp³-hybridized carbons (Fsp3) is 0. The molecule has 0 aliphatic rings. The first-order valence-electron chi connectivity index (χ1n) is 2.35. The Balaban J connectivity index is -0.0000000160. The van der Waals surface area contributed by atoms with Gasteiger partial charge in [0.25, 0.3) is 0 Å². The van der Waals surface area contributed by atoms with Crippen LogP contribution in [0.25, 0.3) is 0 Å². The van der Waals surface area contributed by atoms with Gasteiger partial charge in [-0.05, 0) is 0 Å². The Bertz CT molecular complexity index is 213. The average Bonchev–Trinajstić information content (AvgIpc) is 1.41. The first kappa shape index (κ1) is 49.5. The van der Waals surface area contributed by atoms with E-state index in [1.54, 1.807) is 0 Å². The van der Waals surface area contributed by atoms with E-state index in [0.717, 1.165) is 0 Å². The maximum absolute atomic E-state index is 8.88. The second-order valence-corrected chi connectivity index (χ2v) is 4.62. The number of hydrogen-bond acceptors (Lipinski definition) is 3. The standard InChI is InChI=1S/5Li.3H3O4P.5H/c;;;;;3*1-5(2,3)4;;;;;/h;;;;;3*(H3,1,2,3,4);;;;;. The molecule has 0 aliphatic heterocycles. The number of hydrogen-bond donors (Lipinski definition) is 9. The van der Waals surface area contributed by atoms with E-state index in [1.807, 2.05) is 0 Å². The summed E-state index contributed by atoms with van der Waals surface area (Å²) in [5, 5.41) is 0. The van der Waals surface area contributed by atoms with Crippen molar-refractivity contribution in [3.8, 4) is 0 Å². The summed E-state index contributed by atoms with van der Waals surface area (Å²) in [6.07, 6.45) is 0. The molecule has 0 aromatic heterocycles. The minimum atomic E-state index is -4.64. The molecule has 0 fully saturated rings. The zero-order valence-electron chi connectivity index (χ0n) is 6.59. The fourth-order valence-electron chi connectivity index (χ4n) is 0. The second-order valence-electron chi connectivity index (χ2n) is 1.54. The molecule has 0 unspecified atom stereocenters. The van der Waals surface area contributed by atoms with Crippen molar-refractivity contribution in [1.29, 1.82) is 0 Å². The van der Waals surface area contributed by atoms with Crippen LogP contribution in [0, 0.1) is 0 Å². The molecular formula is H14Li5O12P3. The molecule has 0 radical (unpaired) electrons. The van der Waals surface area contributed by atoms with Gasteiger partial charge in [-0.25, -0.2) is 13.7 Å². The van der Waals surface area contributed by atoms with Gasteiger partial charge in [0.1, 0.15) is 0 Å². The van der Waals surface area contributed by atoms with E-state index in [-0.39, 0.29) is 94.3 Å². The van der Waals surface area contributed by atoms with Gasteiger partial charge in [-0.3, -0.25) is 0 Å².